The molecule has 2 aromatic carbocycles. The maximum atomic E-state index is 6.63. The molecule has 5 heteroatoms. The first-order valence-corrected chi connectivity index (χ1v) is 11.9. The Bertz CT molecular complexity index is 2160. The van der Waals surface area contributed by atoms with Crippen LogP contribution in [0.1, 0.15) is 11.3 Å². The number of aromatic nitrogens is 4. The summed E-state index contributed by atoms with van der Waals surface area (Å²) in [6, 6.07) is 28.2. The third-order valence-electron chi connectivity index (χ3n) is 8.26. The maximum absolute atomic E-state index is 6.63. The number of hydrogen-bond donors (Lipinski definition) is 0. The van der Waals surface area contributed by atoms with Crippen molar-refractivity contribution in [3.63, 3.8) is 0 Å². The summed E-state index contributed by atoms with van der Waals surface area (Å²) in [6.07, 6.45) is 6.13. The first-order valence-electron chi connectivity index (χ1n) is 11.9. The first-order chi connectivity index (χ1) is 17.4. The van der Waals surface area contributed by atoms with Crippen molar-refractivity contribution in [2.45, 2.75) is 5.66 Å². The van der Waals surface area contributed by atoms with E-state index in [4.69, 9.17) is 4.74 Å². The second-order valence-corrected chi connectivity index (χ2v) is 9.65. The largest absolute Gasteiger partial charge is 0.422 e. The van der Waals surface area contributed by atoms with Crippen molar-refractivity contribution in [1.29, 1.82) is 0 Å². The van der Waals surface area contributed by atoms with Gasteiger partial charge in [-0.05, 0) is 42.5 Å². The molecule has 35 heavy (non-hydrogen) atoms. The van der Waals surface area contributed by atoms with E-state index in [9.17, 15) is 0 Å². The number of benzene rings is 2. The minimum atomic E-state index is -0.575. The highest BCUT2D eigenvalue weighted by molar-refractivity contribution is 6.19. The summed E-state index contributed by atoms with van der Waals surface area (Å²) in [5.41, 5.74) is 6.68. The van der Waals surface area contributed by atoms with Gasteiger partial charge in [-0.1, -0.05) is 18.2 Å². The fourth-order valence-corrected chi connectivity index (χ4v) is 7.16. The highest BCUT2D eigenvalue weighted by Crippen LogP contribution is 2.54. The summed E-state index contributed by atoms with van der Waals surface area (Å²) in [4.78, 5) is 4.54. The standard InChI is InChI=1S/C30H16N4O/c1-2-7-19-18(6-1)27-22-16-31-14-13-17(22)20-11-12-25-34-29(20)33(27)28(19)30(34)26-21(8-5-10-24(26)35-25)23-9-3-4-15-32(23)30/h1-16H/q+2. The lowest BCUT2D eigenvalue weighted by Crippen LogP contribution is -2.72. The molecule has 0 saturated carbocycles. The van der Waals surface area contributed by atoms with E-state index in [0.717, 1.165) is 17.3 Å². The van der Waals surface area contributed by atoms with Crippen molar-refractivity contribution in [3.8, 4) is 22.9 Å². The molecule has 0 bridgehead atoms. The monoisotopic (exact) mass is 448 g/mol. The van der Waals surface area contributed by atoms with Crippen LogP contribution in [0, 0.1) is 0 Å². The van der Waals surface area contributed by atoms with Gasteiger partial charge in [-0.15, -0.1) is 9.13 Å². The van der Waals surface area contributed by atoms with Gasteiger partial charge in [0.05, 0.1) is 10.9 Å². The van der Waals surface area contributed by atoms with Crippen LogP contribution < -0.4 is 13.9 Å². The Morgan fingerprint density at radius 3 is 2.66 bits per heavy atom. The van der Waals surface area contributed by atoms with E-state index >= 15 is 0 Å². The smallest absolute Gasteiger partial charge is 0.407 e. The molecule has 1 unspecified atom stereocenters. The molecule has 160 valence electrons. The van der Waals surface area contributed by atoms with Crippen LogP contribution in [-0.2, 0) is 5.66 Å². The number of nitrogens with zero attached hydrogens (tertiary/aromatic N) is 4. The van der Waals surface area contributed by atoms with Crippen LogP contribution in [-0.4, -0.2) is 9.38 Å². The van der Waals surface area contributed by atoms with Gasteiger partial charge in [0.25, 0.3) is 5.88 Å². The van der Waals surface area contributed by atoms with Crippen molar-refractivity contribution >= 4 is 38.1 Å². The second-order valence-electron chi connectivity index (χ2n) is 9.65. The Morgan fingerprint density at radius 2 is 1.69 bits per heavy atom. The molecule has 1 spiro atoms. The van der Waals surface area contributed by atoms with Gasteiger partial charge >= 0.3 is 11.3 Å². The normalized spacial score (nSPS) is 18.1. The summed E-state index contributed by atoms with van der Waals surface area (Å²) in [6.45, 7) is 0. The highest BCUT2D eigenvalue weighted by atomic mass is 16.5. The fraction of sp³-hybridized carbons (Fsp3) is 0.0333. The molecule has 0 amide bonds. The average molecular weight is 448 g/mol. The summed E-state index contributed by atoms with van der Waals surface area (Å²) in [7, 11) is 0. The predicted molar refractivity (Wildman–Crippen MR) is 132 cm³/mol. The first kappa shape index (κ1) is 16.8. The molecular weight excluding hydrogens is 432 g/mol. The van der Waals surface area contributed by atoms with Gasteiger partial charge in [-0.2, -0.15) is 4.40 Å². The number of fused-ring (bicyclic) bond motifs is 8. The molecule has 0 radical (unpaired) electrons. The molecule has 0 saturated heterocycles. The molecule has 0 aliphatic carbocycles. The van der Waals surface area contributed by atoms with Crippen LogP contribution in [0.25, 0.3) is 49.4 Å². The Labute approximate surface area is 198 Å². The lowest BCUT2D eigenvalue weighted by atomic mass is 9.90. The SMILES string of the molecule is c1cc2c3c(c1)-c1cccc[n+]1C31c3c4ccccc4c4c5cnccc5c5ccc([n+]1c5n34)O2. The number of rotatable bonds is 0. The number of hydrogen-bond acceptors (Lipinski definition) is 2. The zero-order valence-corrected chi connectivity index (χ0v) is 18.4. The van der Waals surface area contributed by atoms with Crippen LogP contribution in [0.4, 0.5) is 0 Å². The third-order valence-corrected chi connectivity index (χ3v) is 8.26. The van der Waals surface area contributed by atoms with Crippen LogP contribution >= 0.6 is 0 Å². The van der Waals surface area contributed by atoms with Gasteiger partial charge in [0, 0.05) is 52.1 Å². The summed E-state index contributed by atoms with van der Waals surface area (Å²) < 4.78 is 14.0. The molecule has 3 aliphatic rings. The quantitative estimate of drug-likeness (QED) is 0.240. The highest BCUT2D eigenvalue weighted by Gasteiger charge is 2.70. The Balaban J connectivity index is 1.63. The van der Waals surface area contributed by atoms with Crippen LogP contribution in [0.5, 0.6) is 11.6 Å². The molecule has 7 aromatic rings. The number of ether oxygens (including phenoxy) is 1. The van der Waals surface area contributed by atoms with Crippen molar-refractivity contribution in [1.82, 2.24) is 9.38 Å². The van der Waals surface area contributed by atoms with E-state index in [1.807, 2.05) is 12.4 Å². The van der Waals surface area contributed by atoms with Crippen LogP contribution in [0.3, 0.4) is 0 Å². The van der Waals surface area contributed by atoms with Gasteiger partial charge in [-0.25, -0.2) is 0 Å². The lowest BCUT2D eigenvalue weighted by molar-refractivity contribution is -0.952. The molecule has 10 rings (SSSR count). The predicted octanol–water partition coefficient (Wildman–Crippen LogP) is 5.07. The van der Waals surface area contributed by atoms with E-state index in [1.165, 1.54) is 55.0 Å². The third kappa shape index (κ3) is 1.52. The van der Waals surface area contributed by atoms with E-state index < -0.39 is 5.66 Å². The molecule has 3 aliphatic heterocycles. The summed E-state index contributed by atoms with van der Waals surface area (Å²) in [5.74, 6) is 1.78. The van der Waals surface area contributed by atoms with Crippen molar-refractivity contribution in [2.24, 2.45) is 0 Å². The van der Waals surface area contributed by atoms with Gasteiger partial charge in [0.15, 0.2) is 11.7 Å². The van der Waals surface area contributed by atoms with Gasteiger partial charge in [0.2, 0.25) is 11.4 Å². The van der Waals surface area contributed by atoms with Crippen LogP contribution in [0.15, 0.2) is 97.5 Å². The van der Waals surface area contributed by atoms with Crippen LogP contribution in [0.2, 0.25) is 0 Å². The molecule has 1 atom stereocenters. The van der Waals surface area contributed by atoms with Gasteiger partial charge in [-0.3, -0.25) is 4.98 Å². The number of pyridine rings is 4. The summed E-state index contributed by atoms with van der Waals surface area (Å²) >= 11 is 0. The van der Waals surface area contributed by atoms with E-state index in [0.29, 0.717) is 0 Å². The maximum Gasteiger partial charge on any atom is 0.407 e. The average Bonchev–Trinajstić information content (AvgIpc) is 3.53. The Kier molecular flexibility index (Phi) is 2.47. The Morgan fingerprint density at radius 1 is 0.771 bits per heavy atom. The molecule has 0 fully saturated rings. The molecule has 5 nitrogen and oxygen atoms in total. The Hall–Kier alpha value is -4.77. The van der Waals surface area contributed by atoms with Crippen molar-refractivity contribution in [2.75, 3.05) is 0 Å². The van der Waals surface area contributed by atoms with E-state index in [1.54, 1.807) is 0 Å². The minimum absolute atomic E-state index is 0.575. The second kappa shape index (κ2) is 5.15. The molecular formula is C30H16N4O+2. The molecule has 5 aromatic heterocycles. The van der Waals surface area contributed by atoms with Gasteiger partial charge in [0.1, 0.15) is 11.3 Å². The van der Waals surface area contributed by atoms with E-state index in [-0.39, 0.29) is 0 Å². The zero-order chi connectivity index (χ0) is 22.5. The summed E-state index contributed by atoms with van der Waals surface area (Å²) in [5, 5.41) is 6.09. The topological polar surface area (TPSA) is 34.3 Å². The minimum Gasteiger partial charge on any atom is -0.422 e. The lowest BCUT2D eigenvalue weighted by Gasteiger charge is -2.26. The van der Waals surface area contributed by atoms with Gasteiger partial charge < -0.3 is 4.74 Å². The zero-order valence-electron chi connectivity index (χ0n) is 18.4. The molecule has 0 N–H and O–H groups in total. The van der Waals surface area contributed by atoms with Crippen molar-refractivity contribution < 1.29 is 13.9 Å². The van der Waals surface area contributed by atoms with Crippen molar-refractivity contribution in [3.05, 3.63) is 109 Å². The van der Waals surface area contributed by atoms with E-state index in [2.05, 4.69) is 104 Å². The fourth-order valence-electron chi connectivity index (χ4n) is 7.16. The molecule has 8 heterocycles.